The lowest BCUT2D eigenvalue weighted by Crippen LogP contribution is -2.54. The summed E-state index contributed by atoms with van der Waals surface area (Å²) >= 11 is 0. The molecule has 20 atom stereocenters. The van der Waals surface area contributed by atoms with Crippen LogP contribution in [0.4, 0.5) is 0 Å². The lowest BCUT2D eigenvalue weighted by atomic mass is 9.77. The average molecular weight is 653 g/mol. The third-order valence-electron chi connectivity index (χ3n) is 13.8. The molecule has 0 aromatic heterocycles. The fraction of sp³-hybridized carbons (Fsp3) is 1.00. The Kier molecular flexibility index (Phi) is 15.4. The molecule has 0 saturated carbocycles. The van der Waals surface area contributed by atoms with Crippen molar-refractivity contribution in [2.24, 2.45) is 59.2 Å². The zero-order chi connectivity index (χ0) is 34.6. The van der Waals surface area contributed by atoms with Crippen molar-refractivity contribution in [1.82, 2.24) is 0 Å². The number of ether oxygens (including phenoxy) is 6. The Balaban J connectivity index is 0.000000250. The Morgan fingerprint density at radius 2 is 0.630 bits per heavy atom. The van der Waals surface area contributed by atoms with Crippen LogP contribution in [-0.2, 0) is 28.4 Å². The molecule has 4 rings (SSSR count). The van der Waals surface area contributed by atoms with Crippen molar-refractivity contribution < 1.29 is 28.4 Å². The van der Waals surface area contributed by atoms with E-state index >= 15 is 0 Å². The maximum Gasteiger partial charge on any atom is 0.161 e. The molecule has 4 fully saturated rings. The number of hydrogen-bond acceptors (Lipinski definition) is 6. The van der Waals surface area contributed by atoms with Gasteiger partial charge in [-0.2, -0.15) is 0 Å². The van der Waals surface area contributed by atoms with Gasteiger partial charge in [0, 0.05) is 11.8 Å². The van der Waals surface area contributed by atoms with Crippen LogP contribution in [0.25, 0.3) is 0 Å². The van der Waals surface area contributed by atoms with Crippen LogP contribution in [0.3, 0.4) is 0 Å². The monoisotopic (exact) mass is 653 g/mol. The van der Waals surface area contributed by atoms with Gasteiger partial charge in [0.25, 0.3) is 0 Å². The summed E-state index contributed by atoms with van der Waals surface area (Å²) in [4.78, 5) is 0. The van der Waals surface area contributed by atoms with Crippen LogP contribution in [0.1, 0.15) is 136 Å². The second-order valence-corrected chi connectivity index (χ2v) is 16.3. The molecular formula is C40H76O6. The first kappa shape index (κ1) is 40.2. The molecule has 0 aromatic carbocycles. The SMILES string of the molecule is CCC1OC(OC2C(CC)OC(C)C(C)C2C)C(C)C(C)C1C.CCC1OC(OC2C(CC)OC(C)C(C)C2C)C(C)C(C)C1C. The number of rotatable bonds is 8. The predicted molar refractivity (Wildman–Crippen MR) is 189 cm³/mol. The van der Waals surface area contributed by atoms with Crippen molar-refractivity contribution in [2.75, 3.05) is 0 Å². The first-order chi connectivity index (χ1) is 21.6. The molecule has 20 unspecified atom stereocenters. The van der Waals surface area contributed by atoms with Crippen LogP contribution in [0, 0.1) is 59.2 Å². The Labute approximate surface area is 285 Å². The molecule has 4 aliphatic heterocycles. The van der Waals surface area contributed by atoms with Gasteiger partial charge in [-0.3, -0.25) is 0 Å². The van der Waals surface area contributed by atoms with Gasteiger partial charge in [-0.05, 0) is 86.9 Å². The highest BCUT2D eigenvalue weighted by Gasteiger charge is 2.46. The van der Waals surface area contributed by atoms with Crippen molar-refractivity contribution in [3.05, 3.63) is 0 Å². The topological polar surface area (TPSA) is 55.4 Å². The molecule has 0 spiro atoms. The van der Waals surface area contributed by atoms with E-state index in [-0.39, 0.29) is 37.0 Å². The minimum absolute atomic E-state index is 0.100. The summed E-state index contributed by atoms with van der Waals surface area (Å²) in [6, 6.07) is 0. The van der Waals surface area contributed by atoms with Gasteiger partial charge in [-0.15, -0.1) is 0 Å². The standard InChI is InChI=1S/2C20H38O3/c2*1-9-17-13(5)11(3)15(7)20(22-17)23-19-14(6)12(4)16(8)21-18(19)10-2/h2*11-20H,9-10H2,1-8H3. The third kappa shape index (κ3) is 8.73. The molecule has 0 N–H and O–H groups in total. The molecule has 6 heteroatoms. The molecule has 0 bridgehead atoms. The number of hydrogen-bond donors (Lipinski definition) is 0. The zero-order valence-electron chi connectivity index (χ0n) is 32.8. The van der Waals surface area contributed by atoms with E-state index in [1.54, 1.807) is 0 Å². The molecule has 0 aliphatic carbocycles. The fourth-order valence-electron chi connectivity index (χ4n) is 8.69. The van der Waals surface area contributed by atoms with Crippen molar-refractivity contribution in [3.8, 4) is 0 Å². The Bertz CT molecular complexity index is 806. The highest BCUT2D eigenvalue weighted by molar-refractivity contribution is 4.91. The largest absolute Gasteiger partial charge is 0.372 e. The van der Waals surface area contributed by atoms with E-state index in [1.807, 2.05) is 0 Å². The molecular weight excluding hydrogens is 576 g/mol. The van der Waals surface area contributed by atoms with Gasteiger partial charge in [0.15, 0.2) is 12.6 Å². The van der Waals surface area contributed by atoms with Crippen LogP contribution < -0.4 is 0 Å². The average Bonchev–Trinajstić information content (AvgIpc) is 3.05. The molecule has 272 valence electrons. The van der Waals surface area contributed by atoms with Crippen molar-refractivity contribution in [1.29, 1.82) is 0 Å². The normalized spacial score (nSPS) is 51.7. The lowest BCUT2D eigenvalue weighted by molar-refractivity contribution is -0.299. The van der Waals surface area contributed by atoms with E-state index in [1.165, 1.54) is 0 Å². The second kappa shape index (κ2) is 17.6. The van der Waals surface area contributed by atoms with Gasteiger partial charge in [-0.25, -0.2) is 0 Å². The molecule has 0 amide bonds. The van der Waals surface area contributed by atoms with Crippen LogP contribution in [0.15, 0.2) is 0 Å². The lowest BCUT2D eigenvalue weighted by Gasteiger charge is -2.48. The Morgan fingerprint density at radius 1 is 0.326 bits per heavy atom. The van der Waals surface area contributed by atoms with E-state index in [0.717, 1.165) is 25.7 Å². The molecule has 0 radical (unpaired) electrons. The van der Waals surface area contributed by atoms with Gasteiger partial charge in [-0.1, -0.05) is 96.9 Å². The summed E-state index contributed by atoms with van der Waals surface area (Å²) in [6.45, 7) is 36.3. The quantitative estimate of drug-likeness (QED) is 0.260. The summed E-state index contributed by atoms with van der Waals surface area (Å²) in [5.74, 6) is 5.29. The Hall–Kier alpha value is -0.240. The maximum atomic E-state index is 6.58. The van der Waals surface area contributed by atoms with Gasteiger partial charge in [0.05, 0.1) is 48.8 Å². The van der Waals surface area contributed by atoms with E-state index in [4.69, 9.17) is 28.4 Å². The summed E-state index contributed by atoms with van der Waals surface area (Å²) in [5, 5.41) is 0. The smallest absolute Gasteiger partial charge is 0.161 e. The van der Waals surface area contributed by atoms with Gasteiger partial charge in [0.1, 0.15) is 0 Å². The highest BCUT2D eigenvalue weighted by atomic mass is 16.7. The fourth-order valence-corrected chi connectivity index (χ4v) is 8.69. The molecule has 6 nitrogen and oxygen atoms in total. The molecule has 4 aliphatic rings. The Morgan fingerprint density at radius 3 is 0.913 bits per heavy atom. The summed E-state index contributed by atoms with van der Waals surface area (Å²) in [5.41, 5.74) is 0. The van der Waals surface area contributed by atoms with E-state index in [2.05, 4.69) is 111 Å². The van der Waals surface area contributed by atoms with Crippen LogP contribution in [0.5, 0.6) is 0 Å². The second-order valence-electron chi connectivity index (χ2n) is 16.3. The first-order valence-electron chi connectivity index (χ1n) is 19.6. The molecule has 4 heterocycles. The first-order valence-corrected chi connectivity index (χ1v) is 19.6. The minimum Gasteiger partial charge on any atom is -0.372 e. The van der Waals surface area contributed by atoms with E-state index in [0.29, 0.717) is 83.6 Å². The molecule has 46 heavy (non-hydrogen) atoms. The maximum absolute atomic E-state index is 6.58. The summed E-state index contributed by atoms with van der Waals surface area (Å²) in [6.07, 6.45) is 5.77. The van der Waals surface area contributed by atoms with Gasteiger partial charge < -0.3 is 28.4 Å². The van der Waals surface area contributed by atoms with Crippen molar-refractivity contribution in [3.63, 3.8) is 0 Å². The van der Waals surface area contributed by atoms with Gasteiger partial charge >= 0.3 is 0 Å². The van der Waals surface area contributed by atoms with Crippen molar-refractivity contribution >= 4 is 0 Å². The molecule has 4 saturated heterocycles. The van der Waals surface area contributed by atoms with Crippen LogP contribution in [-0.4, -0.2) is 61.4 Å². The summed E-state index contributed by atoms with van der Waals surface area (Å²) < 4.78 is 38.3. The minimum atomic E-state index is -0.100. The third-order valence-corrected chi connectivity index (χ3v) is 13.8. The van der Waals surface area contributed by atoms with Crippen LogP contribution >= 0.6 is 0 Å². The van der Waals surface area contributed by atoms with Gasteiger partial charge in [0.2, 0.25) is 0 Å². The van der Waals surface area contributed by atoms with E-state index < -0.39 is 0 Å². The molecule has 0 aromatic rings. The van der Waals surface area contributed by atoms with Crippen molar-refractivity contribution in [2.45, 2.75) is 198 Å². The predicted octanol–water partition coefficient (Wildman–Crippen LogP) is 9.77. The summed E-state index contributed by atoms with van der Waals surface area (Å²) in [7, 11) is 0. The highest BCUT2D eigenvalue weighted by Crippen LogP contribution is 2.42. The van der Waals surface area contributed by atoms with E-state index in [9.17, 15) is 0 Å². The zero-order valence-corrected chi connectivity index (χ0v) is 32.8. The van der Waals surface area contributed by atoms with Crippen LogP contribution in [0.2, 0.25) is 0 Å².